The van der Waals surface area contributed by atoms with E-state index >= 15 is 0 Å². The van der Waals surface area contributed by atoms with Crippen LogP contribution in [0.1, 0.15) is 36.5 Å². The van der Waals surface area contributed by atoms with E-state index in [1.165, 1.54) is 12.1 Å². The lowest BCUT2D eigenvalue weighted by molar-refractivity contribution is -0.138. The van der Waals surface area contributed by atoms with Crippen LogP contribution in [-0.4, -0.2) is 14.2 Å². The van der Waals surface area contributed by atoms with E-state index in [-0.39, 0.29) is 22.2 Å². The van der Waals surface area contributed by atoms with E-state index < -0.39 is 45.3 Å². The zero-order valence-electron chi connectivity index (χ0n) is 15.6. The molecule has 3 rings (SSSR count). The van der Waals surface area contributed by atoms with E-state index in [1.807, 2.05) is 13.8 Å². The van der Waals surface area contributed by atoms with Gasteiger partial charge in [-0.1, -0.05) is 32.0 Å². The fourth-order valence-electron chi connectivity index (χ4n) is 3.99. The molecular formula is C20H19F4NO3S. The first-order chi connectivity index (χ1) is 13.2. The number of sulfonamides is 1. The number of halogens is 4. The van der Waals surface area contributed by atoms with Crippen molar-refractivity contribution in [2.45, 2.75) is 37.3 Å². The highest BCUT2D eigenvalue weighted by atomic mass is 32.2. The Morgan fingerprint density at radius 3 is 2.21 bits per heavy atom. The van der Waals surface area contributed by atoms with E-state index in [1.54, 1.807) is 12.1 Å². The van der Waals surface area contributed by atoms with Crippen LogP contribution in [-0.2, 0) is 27.4 Å². The Bertz CT molecular complexity index is 1060. The van der Waals surface area contributed by atoms with Gasteiger partial charge >= 0.3 is 6.18 Å². The minimum absolute atomic E-state index is 0.0660. The lowest BCUT2D eigenvalue weighted by Gasteiger charge is -2.13. The van der Waals surface area contributed by atoms with Crippen molar-refractivity contribution in [3.63, 3.8) is 0 Å². The van der Waals surface area contributed by atoms with Gasteiger partial charge in [0.25, 0.3) is 0 Å². The Morgan fingerprint density at radius 2 is 1.69 bits per heavy atom. The lowest BCUT2D eigenvalue weighted by Crippen LogP contribution is -2.15. The van der Waals surface area contributed by atoms with Crippen molar-refractivity contribution in [2.75, 3.05) is 0 Å². The number of ketones is 1. The van der Waals surface area contributed by atoms with Gasteiger partial charge in [0.15, 0.2) is 0 Å². The van der Waals surface area contributed by atoms with Gasteiger partial charge in [0, 0.05) is 12.3 Å². The summed E-state index contributed by atoms with van der Waals surface area (Å²) in [6.07, 6.45) is -5.23. The fourth-order valence-corrected chi connectivity index (χ4v) is 4.51. The van der Waals surface area contributed by atoms with E-state index in [0.29, 0.717) is 11.6 Å². The van der Waals surface area contributed by atoms with Crippen molar-refractivity contribution in [3.05, 3.63) is 65.0 Å². The monoisotopic (exact) mass is 429 g/mol. The van der Waals surface area contributed by atoms with Crippen LogP contribution in [0.5, 0.6) is 0 Å². The summed E-state index contributed by atoms with van der Waals surface area (Å²) >= 11 is 0. The standard InChI is InChI=1S/C20H19F4NO3S/c1-19(2)17(11-4-7-14(8-5-11)29(25,27)28)18(19)16(26)9-12-3-6-13(21)10-15(12)20(22,23)24/h3-8,10,17-18H,9H2,1-2H3,(H2,25,27,28)/t17-,18-/m1/s1. The van der Waals surface area contributed by atoms with Crippen molar-refractivity contribution in [1.29, 1.82) is 0 Å². The van der Waals surface area contributed by atoms with Gasteiger partial charge < -0.3 is 0 Å². The normalized spacial score (nSPS) is 21.1. The molecule has 0 aromatic heterocycles. The molecule has 2 N–H and O–H groups in total. The van der Waals surface area contributed by atoms with Crippen molar-refractivity contribution in [2.24, 2.45) is 16.5 Å². The molecule has 2 aromatic rings. The Kier molecular flexibility index (Phi) is 5.11. The van der Waals surface area contributed by atoms with Crippen LogP contribution in [0.3, 0.4) is 0 Å². The zero-order valence-corrected chi connectivity index (χ0v) is 16.4. The highest BCUT2D eigenvalue weighted by Gasteiger charge is 2.61. The molecule has 156 valence electrons. The van der Waals surface area contributed by atoms with Crippen LogP contribution in [0.15, 0.2) is 47.4 Å². The third-order valence-corrected chi connectivity index (χ3v) is 6.41. The van der Waals surface area contributed by atoms with Crippen LogP contribution < -0.4 is 5.14 Å². The van der Waals surface area contributed by atoms with Crippen molar-refractivity contribution < 1.29 is 30.8 Å². The van der Waals surface area contributed by atoms with Crippen molar-refractivity contribution >= 4 is 15.8 Å². The summed E-state index contributed by atoms with van der Waals surface area (Å²) in [4.78, 5) is 12.7. The Balaban J connectivity index is 1.84. The molecule has 0 aliphatic heterocycles. The van der Waals surface area contributed by atoms with Crippen LogP contribution >= 0.6 is 0 Å². The number of hydrogen-bond donors (Lipinski definition) is 1. The first kappa shape index (κ1) is 21.4. The minimum atomic E-state index is -4.76. The molecule has 1 saturated carbocycles. The third kappa shape index (κ3) is 4.20. The third-order valence-electron chi connectivity index (χ3n) is 5.48. The molecule has 0 unspecified atom stereocenters. The maximum atomic E-state index is 13.3. The quantitative estimate of drug-likeness (QED) is 0.729. The predicted molar refractivity (Wildman–Crippen MR) is 97.9 cm³/mol. The lowest BCUT2D eigenvalue weighted by atomic mass is 9.97. The van der Waals surface area contributed by atoms with Gasteiger partial charge in [0.2, 0.25) is 10.0 Å². The SMILES string of the molecule is CC1(C)[C@H](C(=O)Cc2ccc(F)cc2C(F)(F)F)[C@H]1c1ccc(S(N)(=O)=O)cc1. The summed E-state index contributed by atoms with van der Waals surface area (Å²) in [5, 5.41) is 5.07. The molecule has 0 amide bonds. The smallest absolute Gasteiger partial charge is 0.299 e. The molecule has 0 heterocycles. The molecule has 9 heteroatoms. The number of nitrogens with two attached hydrogens (primary N) is 1. The highest BCUT2D eigenvalue weighted by molar-refractivity contribution is 7.89. The van der Waals surface area contributed by atoms with Gasteiger partial charge in [-0.15, -0.1) is 0 Å². The Labute approximate surface area is 165 Å². The molecule has 0 spiro atoms. The van der Waals surface area contributed by atoms with E-state index in [0.717, 1.165) is 12.1 Å². The summed E-state index contributed by atoms with van der Waals surface area (Å²) in [7, 11) is -3.85. The fraction of sp³-hybridized carbons (Fsp3) is 0.350. The second kappa shape index (κ2) is 6.91. The molecule has 0 radical (unpaired) electrons. The van der Waals surface area contributed by atoms with Gasteiger partial charge in [0.05, 0.1) is 10.5 Å². The maximum absolute atomic E-state index is 13.3. The molecule has 4 nitrogen and oxygen atoms in total. The Morgan fingerprint density at radius 1 is 1.10 bits per heavy atom. The van der Waals surface area contributed by atoms with Crippen LogP contribution in [0.2, 0.25) is 0 Å². The van der Waals surface area contributed by atoms with Crippen LogP contribution in [0.4, 0.5) is 17.6 Å². The van der Waals surface area contributed by atoms with E-state index in [9.17, 15) is 30.8 Å². The molecule has 2 atom stereocenters. The predicted octanol–water partition coefficient (Wildman–Crippen LogP) is 4.04. The first-order valence-corrected chi connectivity index (χ1v) is 10.3. The molecule has 2 aromatic carbocycles. The first-order valence-electron chi connectivity index (χ1n) is 8.74. The number of primary sulfonamides is 1. The van der Waals surface area contributed by atoms with Gasteiger partial charge in [-0.25, -0.2) is 17.9 Å². The number of carbonyl (C=O) groups is 1. The van der Waals surface area contributed by atoms with Crippen LogP contribution in [0.25, 0.3) is 0 Å². The Hall–Kier alpha value is -2.26. The van der Waals surface area contributed by atoms with Crippen molar-refractivity contribution in [3.8, 4) is 0 Å². The summed E-state index contributed by atoms with van der Waals surface area (Å²) in [5.41, 5.74) is -1.22. The van der Waals surface area contributed by atoms with E-state index in [2.05, 4.69) is 0 Å². The second-order valence-corrected chi connectivity index (χ2v) is 9.39. The van der Waals surface area contributed by atoms with Gasteiger partial charge in [-0.3, -0.25) is 4.79 Å². The zero-order chi connectivity index (χ0) is 21.8. The molecule has 0 saturated heterocycles. The van der Waals surface area contributed by atoms with Gasteiger partial charge in [0.1, 0.15) is 11.6 Å². The average Bonchev–Trinajstić information content (AvgIpc) is 3.17. The number of carbonyl (C=O) groups excluding carboxylic acids is 1. The van der Waals surface area contributed by atoms with E-state index in [4.69, 9.17) is 5.14 Å². The molecule has 1 aliphatic rings. The molecule has 29 heavy (non-hydrogen) atoms. The van der Waals surface area contributed by atoms with Crippen molar-refractivity contribution in [1.82, 2.24) is 0 Å². The molecule has 1 aliphatic carbocycles. The second-order valence-electron chi connectivity index (χ2n) is 7.83. The summed E-state index contributed by atoms with van der Waals surface area (Å²) in [5.74, 6) is -2.20. The molecule has 1 fully saturated rings. The van der Waals surface area contributed by atoms with Crippen LogP contribution in [0, 0.1) is 17.2 Å². The maximum Gasteiger partial charge on any atom is 0.416 e. The summed E-state index contributed by atoms with van der Waals surface area (Å²) < 4.78 is 75.6. The number of rotatable bonds is 5. The number of alkyl halides is 3. The molecular weight excluding hydrogens is 410 g/mol. The minimum Gasteiger partial charge on any atom is -0.299 e. The van der Waals surface area contributed by atoms with Gasteiger partial charge in [-0.2, -0.15) is 13.2 Å². The average molecular weight is 429 g/mol. The number of Topliss-reactive ketones (excluding diaryl/α,β-unsaturated/α-hetero) is 1. The number of benzene rings is 2. The molecule has 0 bridgehead atoms. The summed E-state index contributed by atoms with van der Waals surface area (Å²) in [6.45, 7) is 3.65. The highest BCUT2D eigenvalue weighted by Crippen LogP contribution is 2.65. The largest absolute Gasteiger partial charge is 0.416 e. The topological polar surface area (TPSA) is 77.2 Å². The number of hydrogen-bond acceptors (Lipinski definition) is 3. The summed E-state index contributed by atoms with van der Waals surface area (Å²) in [6, 6.07) is 8.06. The van der Waals surface area contributed by atoms with Gasteiger partial charge in [-0.05, 0) is 46.7 Å².